The fraction of sp³-hybridized carbons (Fsp3) is 0.250. The van der Waals surface area contributed by atoms with Gasteiger partial charge in [-0.1, -0.05) is 42.1 Å². The highest BCUT2D eigenvalue weighted by molar-refractivity contribution is 7.99. The molecule has 162 valence electrons. The van der Waals surface area contributed by atoms with Crippen LogP contribution in [0.25, 0.3) is 16.9 Å². The molecule has 0 saturated heterocycles. The Balaban J connectivity index is 1.41. The summed E-state index contributed by atoms with van der Waals surface area (Å²) in [5.41, 5.74) is 5.65. The van der Waals surface area contributed by atoms with Crippen molar-refractivity contribution in [2.45, 2.75) is 37.9 Å². The first-order chi connectivity index (χ1) is 15.7. The topological polar surface area (TPSA) is 77.6 Å². The maximum absolute atomic E-state index is 12.8. The van der Waals surface area contributed by atoms with Crippen molar-refractivity contribution in [1.29, 1.82) is 0 Å². The van der Waals surface area contributed by atoms with Crippen LogP contribution in [-0.2, 0) is 24.2 Å². The third-order valence-corrected chi connectivity index (χ3v) is 6.61. The van der Waals surface area contributed by atoms with Gasteiger partial charge in [-0.2, -0.15) is 5.10 Å². The van der Waals surface area contributed by atoms with Gasteiger partial charge in [0.05, 0.1) is 17.1 Å². The van der Waals surface area contributed by atoms with Crippen molar-refractivity contribution in [2.24, 2.45) is 0 Å². The third kappa shape index (κ3) is 4.18. The van der Waals surface area contributed by atoms with Gasteiger partial charge in [0.15, 0.2) is 5.16 Å². The molecule has 0 atom stereocenters. The SMILES string of the molecule is CCn1cnnc1SCC(=O)Nc1cc(-c2ccc3c(c2)CCC3)nn1-c1ccccc1. The Kier molecular flexibility index (Phi) is 5.77. The molecule has 0 aliphatic heterocycles. The number of rotatable bonds is 7. The molecule has 2 heterocycles. The van der Waals surface area contributed by atoms with Gasteiger partial charge in [-0.3, -0.25) is 4.79 Å². The number of hydrogen-bond acceptors (Lipinski definition) is 5. The van der Waals surface area contributed by atoms with Crippen LogP contribution in [-0.4, -0.2) is 36.2 Å². The second-order valence-corrected chi connectivity index (χ2v) is 8.68. The van der Waals surface area contributed by atoms with Gasteiger partial charge in [0, 0.05) is 18.2 Å². The largest absolute Gasteiger partial charge is 0.310 e. The number of nitrogens with zero attached hydrogens (tertiary/aromatic N) is 5. The molecule has 4 aromatic rings. The Bertz CT molecular complexity index is 1250. The Labute approximate surface area is 190 Å². The maximum Gasteiger partial charge on any atom is 0.236 e. The lowest BCUT2D eigenvalue weighted by Crippen LogP contribution is -2.17. The van der Waals surface area contributed by atoms with Crippen LogP contribution < -0.4 is 5.32 Å². The molecule has 0 unspecified atom stereocenters. The van der Waals surface area contributed by atoms with E-state index in [-0.39, 0.29) is 11.7 Å². The Morgan fingerprint density at radius 2 is 1.94 bits per heavy atom. The lowest BCUT2D eigenvalue weighted by atomic mass is 10.0. The summed E-state index contributed by atoms with van der Waals surface area (Å²) in [6, 6.07) is 18.4. The minimum atomic E-state index is -0.113. The van der Waals surface area contributed by atoms with Gasteiger partial charge in [0.2, 0.25) is 5.91 Å². The molecule has 1 aliphatic rings. The number of fused-ring (bicyclic) bond motifs is 1. The van der Waals surface area contributed by atoms with Crippen LogP contribution in [0.2, 0.25) is 0 Å². The molecular formula is C24H24N6OS. The average Bonchev–Trinajstić information content (AvgIpc) is 3.57. The van der Waals surface area contributed by atoms with Gasteiger partial charge < -0.3 is 9.88 Å². The van der Waals surface area contributed by atoms with E-state index in [2.05, 4.69) is 33.7 Å². The number of carbonyl (C=O) groups excluding carboxylic acids is 1. The zero-order valence-corrected chi connectivity index (χ0v) is 18.7. The molecule has 0 saturated carbocycles. The molecule has 8 heteroatoms. The molecule has 0 radical (unpaired) electrons. The van der Waals surface area contributed by atoms with E-state index in [1.54, 1.807) is 11.0 Å². The first-order valence-electron chi connectivity index (χ1n) is 10.8. The molecule has 1 N–H and O–H groups in total. The molecule has 32 heavy (non-hydrogen) atoms. The predicted octanol–water partition coefficient (Wildman–Crippen LogP) is 4.37. The second-order valence-electron chi connectivity index (χ2n) is 7.74. The van der Waals surface area contributed by atoms with Gasteiger partial charge in [0.25, 0.3) is 0 Å². The average molecular weight is 445 g/mol. The maximum atomic E-state index is 12.8. The zero-order valence-electron chi connectivity index (χ0n) is 17.9. The molecule has 5 rings (SSSR count). The Hall–Kier alpha value is -3.39. The number of anilines is 1. The number of aryl methyl sites for hydroxylation is 3. The lowest BCUT2D eigenvalue weighted by molar-refractivity contribution is -0.113. The molecule has 2 aromatic carbocycles. The van der Waals surface area contributed by atoms with Gasteiger partial charge in [-0.25, -0.2) is 4.68 Å². The van der Waals surface area contributed by atoms with Crippen molar-refractivity contribution in [1.82, 2.24) is 24.5 Å². The lowest BCUT2D eigenvalue weighted by Gasteiger charge is -2.08. The fourth-order valence-corrected chi connectivity index (χ4v) is 4.77. The highest BCUT2D eigenvalue weighted by Gasteiger charge is 2.17. The van der Waals surface area contributed by atoms with E-state index < -0.39 is 0 Å². The molecule has 0 spiro atoms. The summed E-state index contributed by atoms with van der Waals surface area (Å²) in [4.78, 5) is 12.8. The van der Waals surface area contributed by atoms with E-state index in [9.17, 15) is 4.79 Å². The van der Waals surface area contributed by atoms with E-state index in [1.165, 1.54) is 29.3 Å². The summed E-state index contributed by atoms with van der Waals surface area (Å²) in [6.07, 6.45) is 5.15. The smallest absolute Gasteiger partial charge is 0.236 e. The van der Waals surface area contributed by atoms with Gasteiger partial charge >= 0.3 is 0 Å². The number of thioether (sulfide) groups is 1. The van der Waals surface area contributed by atoms with Crippen molar-refractivity contribution >= 4 is 23.5 Å². The van der Waals surface area contributed by atoms with E-state index in [1.807, 2.05) is 47.9 Å². The Morgan fingerprint density at radius 3 is 2.78 bits per heavy atom. The van der Waals surface area contributed by atoms with E-state index >= 15 is 0 Å². The summed E-state index contributed by atoms with van der Waals surface area (Å²) in [6.45, 7) is 2.79. The normalized spacial score (nSPS) is 12.7. The van der Waals surface area contributed by atoms with Crippen molar-refractivity contribution in [3.63, 3.8) is 0 Å². The van der Waals surface area contributed by atoms with Gasteiger partial charge in [-0.15, -0.1) is 10.2 Å². The first kappa shape index (κ1) is 20.5. The summed E-state index contributed by atoms with van der Waals surface area (Å²) in [5.74, 6) is 0.778. The molecule has 1 aliphatic carbocycles. The predicted molar refractivity (Wildman–Crippen MR) is 126 cm³/mol. The van der Waals surface area contributed by atoms with Crippen molar-refractivity contribution in [3.8, 4) is 16.9 Å². The fourth-order valence-electron chi connectivity index (χ4n) is 3.99. The minimum absolute atomic E-state index is 0.113. The number of nitrogens with one attached hydrogen (secondary N) is 1. The summed E-state index contributed by atoms with van der Waals surface area (Å²) >= 11 is 1.37. The van der Waals surface area contributed by atoms with Crippen LogP contribution in [0, 0.1) is 0 Å². The van der Waals surface area contributed by atoms with E-state index in [0.29, 0.717) is 5.82 Å². The summed E-state index contributed by atoms with van der Waals surface area (Å²) in [5, 5.41) is 16.6. The number of amides is 1. The highest BCUT2D eigenvalue weighted by Crippen LogP contribution is 2.30. The van der Waals surface area contributed by atoms with Gasteiger partial charge in [0.1, 0.15) is 12.1 Å². The highest BCUT2D eigenvalue weighted by atomic mass is 32.2. The molecular weight excluding hydrogens is 420 g/mol. The Morgan fingerprint density at radius 1 is 1.09 bits per heavy atom. The number of aromatic nitrogens is 5. The number of carbonyl (C=O) groups is 1. The standard InChI is InChI=1S/C24H24N6OS/c1-2-29-16-25-27-24(29)32-15-23(31)26-22-14-21(28-30(22)20-9-4-3-5-10-20)19-12-11-17-7-6-8-18(17)13-19/h3-5,9-14,16H,2,6-8,15H2,1H3,(H,26,31). The molecule has 0 bridgehead atoms. The number of hydrogen-bond donors (Lipinski definition) is 1. The van der Waals surface area contributed by atoms with Crippen LogP contribution in [0.3, 0.4) is 0 Å². The summed E-state index contributed by atoms with van der Waals surface area (Å²) < 4.78 is 3.71. The first-order valence-corrected chi connectivity index (χ1v) is 11.8. The van der Waals surface area contributed by atoms with Crippen LogP contribution >= 0.6 is 11.8 Å². The molecule has 2 aromatic heterocycles. The van der Waals surface area contributed by atoms with Crippen LogP contribution in [0.1, 0.15) is 24.5 Å². The van der Waals surface area contributed by atoms with Crippen molar-refractivity contribution < 1.29 is 4.79 Å². The van der Waals surface area contributed by atoms with Crippen LogP contribution in [0.15, 0.2) is 66.1 Å². The molecule has 7 nitrogen and oxygen atoms in total. The molecule has 1 amide bonds. The summed E-state index contributed by atoms with van der Waals surface area (Å²) in [7, 11) is 0. The van der Waals surface area contributed by atoms with Gasteiger partial charge in [-0.05, 0) is 55.5 Å². The van der Waals surface area contributed by atoms with Crippen molar-refractivity contribution in [2.75, 3.05) is 11.1 Å². The minimum Gasteiger partial charge on any atom is -0.310 e. The quantitative estimate of drug-likeness (QED) is 0.428. The number of para-hydroxylation sites is 1. The molecule has 0 fully saturated rings. The number of benzene rings is 2. The van der Waals surface area contributed by atoms with E-state index in [4.69, 9.17) is 5.10 Å². The third-order valence-electron chi connectivity index (χ3n) is 5.62. The van der Waals surface area contributed by atoms with Crippen molar-refractivity contribution in [3.05, 3.63) is 72.1 Å². The zero-order chi connectivity index (χ0) is 21.9. The monoisotopic (exact) mass is 444 g/mol. The van der Waals surface area contributed by atoms with Crippen LogP contribution in [0.5, 0.6) is 0 Å². The van der Waals surface area contributed by atoms with Crippen LogP contribution in [0.4, 0.5) is 5.82 Å². The van der Waals surface area contributed by atoms with E-state index in [0.717, 1.165) is 41.5 Å². The second kappa shape index (κ2) is 9.00.